The van der Waals surface area contributed by atoms with Gasteiger partial charge in [-0.1, -0.05) is 24.2 Å². The summed E-state index contributed by atoms with van der Waals surface area (Å²) < 4.78 is 39.0. The zero-order valence-electron chi connectivity index (χ0n) is 22.7. The first kappa shape index (κ1) is 26.9. The van der Waals surface area contributed by atoms with Crippen LogP contribution in [0.4, 0.5) is 14.6 Å². The summed E-state index contributed by atoms with van der Waals surface area (Å²) in [6, 6.07) is 5.50. The van der Waals surface area contributed by atoms with Crippen molar-refractivity contribution in [3.05, 3.63) is 75.8 Å². The molecule has 212 valence electrons. The second-order valence-electron chi connectivity index (χ2n) is 10.5. The summed E-state index contributed by atoms with van der Waals surface area (Å²) in [6.45, 7) is 10.5. The van der Waals surface area contributed by atoms with Gasteiger partial charge in [0.05, 0.1) is 11.2 Å². The summed E-state index contributed by atoms with van der Waals surface area (Å²) in [6.07, 6.45) is 2.85. The molecule has 2 aliphatic rings. The van der Waals surface area contributed by atoms with Crippen molar-refractivity contribution >= 4 is 34.2 Å². The number of carbonyl (C=O) groups excluding carboxylic acids is 1. The third kappa shape index (κ3) is 4.18. The molecule has 0 saturated carbocycles. The van der Waals surface area contributed by atoms with E-state index in [0.717, 1.165) is 6.07 Å². The lowest BCUT2D eigenvalue weighted by atomic mass is 9.94. The Morgan fingerprint density at radius 2 is 2.00 bits per heavy atom. The smallest absolute Gasteiger partial charge is 0.355 e. The summed E-state index contributed by atoms with van der Waals surface area (Å²) >= 11 is 6.82. The summed E-state index contributed by atoms with van der Waals surface area (Å²) in [4.78, 5) is 34.3. The molecule has 1 atom stereocenters. The number of hydrogen-bond donors (Lipinski definition) is 0. The summed E-state index contributed by atoms with van der Waals surface area (Å²) in [5, 5.41) is 4.99. The van der Waals surface area contributed by atoms with Gasteiger partial charge in [-0.05, 0) is 39.0 Å². The van der Waals surface area contributed by atoms with Gasteiger partial charge >= 0.3 is 5.69 Å². The van der Waals surface area contributed by atoms with Crippen LogP contribution in [0.15, 0.2) is 47.9 Å². The molecule has 0 bridgehead atoms. The average Bonchev–Trinajstić information content (AvgIpc) is 3.44. The van der Waals surface area contributed by atoms with Gasteiger partial charge in [0.25, 0.3) is 0 Å². The van der Waals surface area contributed by atoms with Crippen LogP contribution in [0.3, 0.4) is 0 Å². The van der Waals surface area contributed by atoms with E-state index in [1.54, 1.807) is 27.9 Å². The van der Waals surface area contributed by atoms with Crippen molar-refractivity contribution in [1.82, 2.24) is 24.2 Å². The first-order valence-corrected chi connectivity index (χ1v) is 13.6. The van der Waals surface area contributed by atoms with Crippen molar-refractivity contribution in [2.75, 3.05) is 24.5 Å². The van der Waals surface area contributed by atoms with Gasteiger partial charge in [0.15, 0.2) is 17.4 Å². The number of carbonyl (C=O) groups is 1. The van der Waals surface area contributed by atoms with E-state index in [0.29, 0.717) is 47.7 Å². The van der Waals surface area contributed by atoms with Crippen molar-refractivity contribution in [2.24, 2.45) is 0 Å². The van der Waals surface area contributed by atoms with E-state index in [1.165, 1.54) is 16.7 Å². The first-order chi connectivity index (χ1) is 19.6. The van der Waals surface area contributed by atoms with Crippen molar-refractivity contribution in [2.45, 2.75) is 39.5 Å². The molecule has 2 aliphatic heterocycles. The predicted molar refractivity (Wildman–Crippen MR) is 152 cm³/mol. The Balaban J connectivity index is 1.67. The monoisotopic (exact) mass is 580 g/mol. The zero-order chi connectivity index (χ0) is 29.2. The number of hydrogen-bond acceptors (Lipinski definition) is 6. The number of aromatic nitrogens is 4. The maximum Gasteiger partial charge on any atom is 0.355 e. The number of ether oxygens (including phenoxy) is 1. The highest BCUT2D eigenvalue weighted by molar-refractivity contribution is 6.35. The Morgan fingerprint density at radius 3 is 2.71 bits per heavy atom. The zero-order valence-corrected chi connectivity index (χ0v) is 23.5. The van der Waals surface area contributed by atoms with Gasteiger partial charge < -0.3 is 14.5 Å². The Morgan fingerprint density at radius 1 is 1.22 bits per heavy atom. The molecule has 1 fully saturated rings. The maximum atomic E-state index is 15.3. The van der Waals surface area contributed by atoms with Crippen LogP contribution in [-0.4, -0.2) is 55.8 Å². The molecular weight excluding hydrogens is 554 g/mol. The first-order valence-electron chi connectivity index (χ1n) is 13.2. The Kier molecular flexibility index (Phi) is 6.56. The summed E-state index contributed by atoms with van der Waals surface area (Å²) in [5.74, 6) is -1.30. The number of amides is 1. The van der Waals surface area contributed by atoms with Crippen LogP contribution in [0.5, 0.6) is 5.75 Å². The fourth-order valence-electron chi connectivity index (χ4n) is 5.73. The van der Waals surface area contributed by atoms with Crippen LogP contribution >= 0.6 is 11.6 Å². The van der Waals surface area contributed by atoms with Crippen LogP contribution < -0.4 is 15.3 Å². The normalized spacial score (nSPS) is 16.5. The Labute approximate surface area is 239 Å². The molecule has 1 amide bonds. The van der Waals surface area contributed by atoms with Crippen molar-refractivity contribution in [3.8, 4) is 22.7 Å². The topological polar surface area (TPSA) is 85.5 Å². The van der Waals surface area contributed by atoms with Crippen LogP contribution in [-0.2, 0) is 11.4 Å². The third-order valence-corrected chi connectivity index (χ3v) is 7.92. The van der Waals surface area contributed by atoms with Crippen LogP contribution in [0, 0.1) is 11.6 Å². The van der Waals surface area contributed by atoms with Crippen molar-refractivity contribution in [1.29, 1.82) is 0 Å². The van der Waals surface area contributed by atoms with E-state index >= 15 is 4.39 Å². The van der Waals surface area contributed by atoms with Crippen molar-refractivity contribution in [3.63, 3.8) is 0 Å². The second-order valence-corrected chi connectivity index (χ2v) is 10.9. The standard InChI is InChI=1S/C29H27ClF2N6O3/c1-5-22(39)35-10-11-36(16(4)13-35)28-18-12-19(30)24-23-17(6-7-20(31)25(23)32)14-41-27(24)26(18)37(29(40)34-28)21-8-9-33-38(21)15(2)3/h5-9,12,15-16H,1,10-11,13-14H2,2-4H3/t16-/m0/s1. The number of halogens is 3. The lowest BCUT2D eigenvalue weighted by Crippen LogP contribution is -2.54. The molecular formula is C29H27ClF2N6O3. The quantitative estimate of drug-likeness (QED) is 0.320. The largest absolute Gasteiger partial charge is 0.486 e. The number of piperazine rings is 1. The molecule has 0 aliphatic carbocycles. The molecule has 4 aromatic rings. The molecule has 2 aromatic carbocycles. The van der Waals surface area contributed by atoms with Gasteiger partial charge in [-0.2, -0.15) is 10.1 Å². The van der Waals surface area contributed by atoms with Crippen LogP contribution in [0.2, 0.25) is 5.02 Å². The second kappa shape index (κ2) is 9.99. The lowest BCUT2D eigenvalue weighted by molar-refractivity contribution is -0.126. The summed E-state index contributed by atoms with van der Waals surface area (Å²) in [7, 11) is 0. The number of benzene rings is 2. The minimum Gasteiger partial charge on any atom is -0.486 e. The van der Waals surface area contributed by atoms with E-state index in [2.05, 4.69) is 16.7 Å². The molecule has 6 rings (SSSR count). The molecule has 41 heavy (non-hydrogen) atoms. The SMILES string of the molecule is C=CC(=O)N1CCN(c2nc(=O)n(-c3ccnn3C(C)C)c3c4c(c(Cl)cc23)-c2c(ccc(F)c2F)CO4)[C@@H](C)C1. The molecule has 0 radical (unpaired) electrons. The molecule has 1 saturated heterocycles. The average molecular weight is 581 g/mol. The molecule has 0 spiro atoms. The highest BCUT2D eigenvalue weighted by atomic mass is 35.5. The molecule has 4 heterocycles. The van der Waals surface area contributed by atoms with Gasteiger partial charge in [0.2, 0.25) is 5.91 Å². The number of rotatable bonds is 4. The van der Waals surface area contributed by atoms with Gasteiger partial charge in [0, 0.05) is 59.9 Å². The molecule has 12 heteroatoms. The van der Waals surface area contributed by atoms with Gasteiger partial charge in [0.1, 0.15) is 23.8 Å². The van der Waals surface area contributed by atoms with Crippen LogP contribution in [0.1, 0.15) is 32.4 Å². The van der Waals surface area contributed by atoms with E-state index in [4.69, 9.17) is 16.3 Å². The summed E-state index contributed by atoms with van der Waals surface area (Å²) in [5.41, 5.74) is 0.300. The molecule has 0 N–H and O–H groups in total. The van der Waals surface area contributed by atoms with Gasteiger partial charge in [-0.25, -0.2) is 22.8 Å². The fraction of sp³-hybridized carbons (Fsp3) is 0.310. The fourth-order valence-corrected chi connectivity index (χ4v) is 6.01. The maximum absolute atomic E-state index is 15.3. The third-order valence-electron chi connectivity index (χ3n) is 7.62. The van der Waals surface area contributed by atoms with Crippen molar-refractivity contribution < 1.29 is 18.3 Å². The number of anilines is 1. The highest BCUT2D eigenvalue weighted by Gasteiger charge is 2.34. The van der Waals surface area contributed by atoms with E-state index in [9.17, 15) is 14.0 Å². The van der Waals surface area contributed by atoms with E-state index in [1.807, 2.05) is 25.7 Å². The lowest BCUT2D eigenvalue weighted by Gasteiger charge is -2.40. The molecule has 9 nitrogen and oxygen atoms in total. The Bertz CT molecular complexity index is 1800. The predicted octanol–water partition coefficient (Wildman–Crippen LogP) is 4.88. The van der Waals surface area contributed by atoms with Gasteiger partial charge in [-0.15, -0.1) is 0 Å². The van der Waals surface area contributed by atoms with E-state index < -0.39 is 17.3 Å². The minimum absolute atomic E-state index is 0.00204. The highest BCUT2D eigenvalue weighted by Crippen LogP contribution is 2.49. The van der Waals surface area contributed by atoms with Gasteiger partial charge in [-0.3, -0.25) is 4.79 Å². The molecule has 0 unspecified atom stereocenters. The van der Waals surface area contributed by atoms with Crippen LogP contribution in [0.25, 0.3) is 27.8 Å². The van der Waals surface area contributed by atoms with E-state index in [-0.39, 0.29) is 46.5 Å². The molecule has 2 aromatic heterocycles. The number of nitrogens with zero attached hydrogens (tertiary/aromatic N) is 6. The minimum atomic E-state index is -1.04. The number of fused-ring (bicyclic) bond motifs is 5. The Hall–Kier alpha value is -4.25.